The van der Waals surface area contributed by atoms with Crippen LogP contribution in [0, 0.1) is 40.9 Å². The number of rotatable bonds is 3. The molecule has 0 amide bonds. The largest absolute Gasteiger partial charge is 0.206 e. The van der Waals surface area contributed by atoms with Gasteiger partial charge in [0.1, 0.15) is 17.5 Å². The van der Waals surface area contributed by atoms with E-state index in [1.165, 1.54) is 30.3 Å². The van der Waals surface area contributed by atoms with Crippen LogP contribution >= 0.6 is 0 Å². The molecule has 0 aliphatic carbocycles. The lowest BCUT2D eigenvalue weighted by molar-refractivity contribution is 0.509. The molecule has 0 fully saturated rings. The molecule has 7 heteroatoms. The summed E-state index contributed by atoms with van der Waals surface area (Å²) >= 11 is 0. The lowest BCUT2D eigenvalue weighted by atomic mass is 10.1. The second-order valence-corrected chi connectivity index (χ2v) is 6.00. The molecule has 29 heavy (non-hydrogen) atoms. The fraction of sp³-hybridized carbons (Fsp3) is 0.0909. The highest BCUT2D eigenvalue weighted by molar-refractivity contribution is 5.49. The maximum Gasteiger partial charge on any atom is 0.161 e. The SMILES string of the molecule is CCc1cc(F)c(C#Cc2ccc(N=Nc3ccc(F)c(F)c3)cc2F)c(F)c1. The van der Waals surface area contributed by atoms with Crippen molar-refractivity contribution in [2.45, 2.75) is 13.3 Å². The topological polar surface area (TPSA) is 24.7 Å². The fourth-order valence-electron chi connectivity index (χ4n) is 2.41. The summed E-state index contributed by atoms with van der Waals surface area (Å²) in [7, 11) is 0. The first-order chi connectivity index (χ1) is 13.9. The third-order valence-electron chi connectivity index (χ3n) is 3.97. The van der Waals surface area contributed by atoms with Crippen LogP contribution in [0.3, 0.4) is 0 Å². The van der Waals surface area contributed by atoms with E-state index in [9.17, 15) is 22.0 Å². The maximum absolute atomic E-state index is 14.2. The predicted octanol–water partition coefficient (Wildman–Crippen LogP) is 6.76. The molecule has 0 atom stereocenters. The average molecular weight is 400 g/mol. The molecule has 0 heterocycles. The van der Waals surface area contributed by atoms with E-state index in [0.717, 1.165) is 18.2 Å². The van der Waals surface area contributed by atoms with Crippen molar-refractivity contribution in [3.63, 3.8) is 0 Å². The standard InChI is InChI=1S/C22H13F5N2/c1-2-13-9-20(25)17(21(26)10-13)7-4-14-3-5-15(11-19(14)24)28-29-16-6-8-18(23)22(27)12-16/h3,5-6,8-12H,2H2,1H3. The van der Waals surface area contributed by atoms with Gasteiger partial charge < -0.3 is 0 Å². The Bertz CT molecular complexity index is 1140. The molecule has 0 N–H and O–H groups in total. The molecule has 0 aromatic heterocycles. The zero-order valence-corrected chi connectivity index (χ0v) is 15.1. The van der Waals surface area contributed by atoms with Gasteiger partial charge >= 0.3 is 0 Å². The molecule has 0 bridgehead atoms. The van der Waals surface area contributed by atoms with Gasteiger partial charge in [0.2, 0.25) is 0 Å². The normalized spacial score (nSPS) is 10.8. The Labute approximate surface area is 163 Å². The molecule has 0 unspecified atom stereocenters. The Morgan fingerprint density at radius 2 is 1.24 bits per heavy atom. The monoisotopic (exact) mass is 400 g/mol. The minimum absolute atomic E-state index is 0.0506. The van der Waals surface area contributed by atoms with Crippen molar-refractivity contribution in [1.82, 2.24) is 0 Å². The van der Waals surface area contributed by atoms with Crippen LogP contribution in [-0.2, 0) is 6.42 Å². The van der Waals surface area contributed by atoms with Gasteiger partial charge in [0, 0.05) is 12.1 Å². The summed E-state index contributed by atoms with van der Waals surface area (Å²) in [5, 5.41) is 7.44. The van der Waals surface area contributed by atoms with Crippen molar-refractivity contribution in [1.29, 1.82) is 0 Å². The lowest BCUT2D eigenvalue weighted by Gasteiger charge is -2.01. The van der Waals surface area contributed by atoms with E-state index in [0.29, 0.717) is 12.0 Å². The number of azo groups is 1. The van der Waals surface area contributed by atoms with Gasteiger partial charge in [-0.25, -0.2) is 22.0 Å². The number of aryl methyl sites for hydroxylation is 1. The van der Waals surface area contributed by atoms with Crippen molar-refractivity contribution in [2.75, 3.05) is 0 Å². The lowest BCUT2D eigenvalue weighted by Crippen LogP contribution is -1.94. The molecule has 0 saturated carbocycles. The third kappa shape index (κ3) is 4.85. The highest BCUT2D eigenvalue weighted by Crippen LogP contribution is 2.22. The van der Waals surface area contributed by atoms with E-state index >= 15 is 0 Å². The minimum atomic E-state index is -1.08. The Balaban J connectivity index is 1.83. The van der Waals surface area contributed by atoms with Crippen LogP contribution in [0.25, 0.3) is 0 Å². The van der Waals surface area contributed by atoms with Gasteiger partial charge in [0.25, 0.3) is 0 Å². The van der Waals surface area contributed by atoms with Crippen LogP contribution in [-0.4, -0.2) is 0 Å². The Morgan fingerprint density at radius 1 is 0.655 bits per heavy atom. The number of halogens is 5. The summed E-state index contributed by atoms with van der Waals surface area (Å²) in [6.07, 6.45) is 0.469. The van der Waals surface area contributed by atoms with Crippen molar-refractivity contribution >= 4 is 11.4 Å². The van der Waals surface area contributed by atoms with Crippen LogP contribution < -0.4 is 0 Å². The molecule has 0 spiro atoms. The summed E-state index contributed by atoms with van der Waals surface area (Å²) in [5.41, 5.74) is 0.114. The van der Waals surface area contributed by atoms with E-state index < -0.39 is 34.6 Å². The van der Waals surface area contributed by atoms with Gasteiger partial charge in [-0.05, 0) is 48.4 Å². The van der Waals surface area contributed by atoms with Crippen molar-refractivity contribution in [3.8, 4) is 11.8 Å². The quantitative estimate of drug-likeness (QED) is 0.264. The summed E-state index contributed by atoms with van der Waals surface area (Å²) < 4.78 is 68.2. The molecular weight excluding hydrogens is 387 g/mol. The molecule has 0 aliphatic heterocycles. The second kappa shape index (κ2) is 8.65. The molecule has 2 nitrogen and oxygen atoms in total. The Hall–Kier alpha value is -3.53. The van der Waals surface area contributed by atoms with Gasteiger partial charge in [-0.15, -0.1) is 0 Å². The van der Waals surface area contributed by atoms with Crippen molar-refractivity contribution < 1.29 is 22.0 Å². The van der Waals surface area contributed by atoms with Crippen molar-refractivity contribution in [3.05, 3.63) is 94.3 Å². The number of nitrogens with zero attached hydrogens (tertiary/aromatic N) is 2. The summed E-state index contributed by atoms with van der Waals surface area (Å²) in [5.74, 6) is 0.205. The van der Waals surface area contributed by atoms with Crippen molar-refractivity contribution in [2.24, 2.45) is 10.2 Å². The Kier molecular flexibility index (Phi) is 6.03. The smallest absolute Gasteiger partial charge is 0.161 e. The first kappa shape index (κ1) is 20.2. The van der Waals surface area contributed by atoms with E-state index in [1.807, 2.05) is 0 Å². The molecule has 0 radical (unpaired) electrons. The molecule has 3 aromatic rings. The third-order valence-corrected chi connectivity index (χ3v) is 3.97. The maximum atomic E-state index is 14.2. The van der Waals surface area contributed by atoms with Gasteiger partial charge in [-0.1, -0.05) is 18.8 Å². The van der Waals surface area contributed by atoms with Gasteiger partial charge in [-0.3, -0.25) is 0 Å². The van der Waals surface area contributed by atoms with Gasteiger partial charge in [-0.2, -0.15) is 10.2 Å². The molecular formula is C22H13F5N2. The Morgan fingerprint density at radius 3 is 1.79 bits per heavy atom. The van der Waals surface area contributed by atoms with Crippen LogP contribution in [0.15, 0.2) is 58.8 Å². The van der Waals surface area contributed by atoms with Crippen LogP contribution in [0.2, 0.25) is 0 Å². The van der Waals surface area contributed by atoms with Crippen LogP contribution in [0.1, 0.15) is 23.6 Å². The van der Waals surface area contributed by atoms with E-state index in [-0.39, 0.29) is 16.9 Å². The molecule has 3 rings (SSSR count). The predicted molar refractivity (Wildman–Crippen MR) is 98.7 cm³/mol. The number of hydrogen-bond acceptors (Lipinski definition) is 2. The number of hydrogen-bond donors (Lipinski definition) is 0. The average Bonchev–Trinajstić information content (AvgIpc) is 2.69. The van der Waals surface area contributed by atoms with E-state index in [4.69, 9.17) is 0 Å². The molecule has 3 aromatic carbocycles. The molecule has 146 valence electrons. The van der Waals surface area contributed by atoms with Crippen LogP contribution in [0.4, 0.5) is 33.3 Å². The number of benzene rings is 3. The van der Waals surface area contributed by atoms with E-state index in [1.54, 1.807) is 6.92 Å². The zero-order chi connectivity index (χ0) is 21.0. The van der Waals surface area contributed by atoms with Gasteiger partial charge in [0.05, 0.1) is 22.5 Å². The highest BCUT2D eigenvalue weighted by atomic mass is 19.2. The zero-order valence-electron chi connectivity index (χ0n) is 15.1. The first-order valence-electron chi connectivity index (χ1n) is 8.53. The molecule has 0 aliphatic rings. The first-order valence-corrected chi connectivity index (χ1v) is 8.53. The minimum Gasteiger partial charge on any atom is -0.206 e. The highest BCUT2D eigenvalue weighted by Gasteiger charge is 2.09. The summed E-state index contributed by atoms with van der Waals surface area (Å²) in [6, 6.07) is 9.00. The summed E-state index contributed by atoms with van der Waals surface area (Å²) in [6.45, 7) is 1.76. The molecule has 0 saturated heterocycles. The van der Waals surface area contributed by atoms with Crippen LogP contribution in [0.5, 0.6) is 0 Å². The van der Waals surface area contributed by atoms with Gasteiger partial charge in [0.15, 0.2) is 11.6 Å². The fourth-order valence-corrected chi connectivity index (χ4v) is 2.41. The second-order valence-electron chi connectivity index (χ2n) is 6.00. The summed E-state index contributed by atoms with van der Waals surface area (Å²) in [4.78, 5) is 0. The van der Waals surface area contributed by atoms with E-state index in [2.05, 4.69) is 22.1 Å².